The molecule has 0 aliphatic carbocycles. The first kappa shape index (κ1) is 18.7. The van der Waals surface area contributed by atoms with Crippen molar-refractivity contribution in [2.24, 2.45) is 0 Å². The monoisotopic (exact) mass is 381 g/mol. The average molecular weight is 381 g/mol. The molecule has 3 rings (SSSR count). The first-order chi connectivity index (χ1) is 12.9. The summed E-state index contributed by atoms with van der Waals surface area (Å²) in [7, 11) is -3.43. The number of carbonyl (C=O) groups is 1. The molecule has 3 aromatic carbocycles. The predicted octanol–water partition coefficient (Wildman–Crippen LogP) is 3.92. The lowest BCUT2D eigenvalue weighted by Gasteiger charge is -2.10. The van der Waals surface area contributed by atoms with Crippen molar-refractivity contribution >= 4 is 21.4 Å². The molecule has 138 valence electrons. The molecule has 0 fully saturated rings. The third-order valence-corrected chi connectivity index (χ3v) is 5.05. The minimum Gasteiger partial charge on any atom is -0.489 e. The number of carbonyl (C=O) groups excluding carboxylic acids is 1. The normalized spacial score (nSPS) is 11.0. The maximum atomic E-state index is 12.4. The Labute approximate surface area is 158 Å². The van der Waals surface area contributed by atoms with Crippen molar-refractivity contribution in [3.63, 3.8) is 0 Å². The van der Waals surface area contributed by atoms with E-state index in [0.717, 1.165) is 17.6 Å². The van der Waals surface area contributed by atoms with Crippen molar-refractivity contribution < 1.29 is 17.9 Å². The van der Waals surface area contributed by atoms with Crippen LogP contribution in [0, 0.1) is 0 Å². The molecule has 27 heavy (non-hydrogen) atoms. The summed E-state index contributed by atoms with van der Waals surface area (Å²) >= 11 is 0. The van der Waals surface area contributed by atoms with Crippen LogP contribution in [-0.4, -0.2) is 20.6 Å². The number of rotatable bonds is 6. The predicted molar refractivity (Wildman–Crippen MR) is 105 cm³/mol. The van der Waals surface area contributed by atoms with Crippen LogP contribution < -0.4 is 10.1 Å². The molecule has 0 saturated heterocycles. The number of nitrogens with one attached hydrogen (secondary N) is 1. The van der Waals surface area contributed by atoms with Crippen LogP contribution in [0.1, 0.15) is 15.9 Å². The molecule has 0 spiro atoms. The smallest absolute Gasteiger partial charge is 0.255 e. The molecule has 0 bridgehead atoms. The Morgan fingerprint density at radius 2 is 1.52 bits per heavy atom. The van der Waals surface area contributed by atoms with Crippen molar-refractivity contribution in [2.45, 2.75) is 11.5 Å². The number of hydrogen-bond acceptors (Lipinski definition) is 4. The second-order valence-electron chi connectivity index (χ2n) is 6.02. The summed E-state index contributed by atoms with van der Waals surface area (Å²) in [5.74, 6) is 0.401. The zero-order valence-corrected chi connectivity index (χ0v) is 15.6. The molecule has 1 N–H and O–H groups in total. The van der Waals surface area contributed by atoms with E-state index < -0.39 is 9.84 Å². The number of sulfone groups is 1. The van der Waals surface area contributed by atoms with Gasteiger partial charge in [-0.15, -0.1) is 0 Å². The molecule has 0 unspecified atom stereocenters. The third-order valence-electron chi connectivity index (χ3n) is 3.90. The molecule has 6 heteroatoms. The van der Waals surface area contributed by atoms with Gasteiger partial charge in [-0.05, 0) is 42.0 Å². The standard InChI is InChI=1S/C21H19NO4S/c1-27(24,25)20-10-6-5-9-19(20)22-21(23)17-13-11-16(12-14-17)15-26-18-7-3-2-4-8-18/h2-14H,15H2,1H3,(H,22,23). The highest BCUT2D eigenvalue weighted by Gasteiger charge is 2.15. The maximum Gasteiger partial charge on any atom is 0.255 e. The van der Waals surface area contributed by atoms with Crippen LogP contribution in [0.4, 0.5) is 5.69 Å². The summed E-state index contributed by atoms with van der Waals surface area (Å²) in [5, 5.41) is 2.66. The van der Waals surface area contributed by atoms with E-state index in [1.807, 2.05) is 30.3 Å². The van der Waals surface area contributed by atoms with Gasteiger partial charge in [-0.25, -0.2) is 8.42 Å². The van der Waals surface area contributed by atoms with Gasteiger partial charge in [0.05, 0.1) is 10.6 Å². The molecule has 0 atom stereocenters. The molecule has 5 nitrogen and oxygen atoms in total. The SMILES string of the molecule is CS(=O)(=O)c1ccccc1NC(=O)c1ccc(COc2ccccc2)cc1. The van der Waals surface area contributed by atoms with Crippen LogP contribution in [0.2, 0.25) is 0 Å². The third kappa shape index (κ3) is 4.95. The van der Waals surface area contributed by atoms with Gasteiger partial charge in [0, 0.05) is 11.8 Å². The number of anilines is 1. The van der Waals surface area contributed by atoms with Crippen LogP contribution in [-0.2, 0) is 16.4 Å². The molecule has 0 radical (unpaired) electrons. The number of benzene rings is 3. The van der Waals surface area contributed by atoms with Crippen LogP contribution in [0.25, 0.3) is 0 Å². The van der Waals surface area contributed by atoms with Gasteiger partial charge >= 0.3 is 0 Å². The Kier molecular flexibility index (Phi) is 5.57. The lowest BCUT2D eigenvalue weighted by molar-refractivity contribution is 0.102. The van der Waals surface area contributed by atoms with Gasteiger partial charge in [0.15, 0.2) is 9.84 Å². The minimum atomic E-state index is -3.43. The molecule has 0 aliphatic heterocycles. The molecular formula is C21H19NO4S. The van der Waals surface area contributed by atoms with Crippen molar-refractivity contribution in [2.75, 3.05) is 11.6 Å². The quantitative estimate of drug-likeness (QED) is 0.702. The summed E-state index contributed by atoms with van der Waals surface area (Å²) in [6, 6.07) is 22.8. The van der Waals surface area contributed by atoms with Gasteiger partial charge in [0.1, 0.15) is 12.4 Å². The number of amides is 1. The van der Waals surface area contributed by atoms with Crippen molar-refractivity contribution in [3.8, 4) is 5.75 Å². The molecular weight excluding hydrogens is 362 g/mol. The fourth-order valence-electron chi connectivity index (χ4n) is 2.52. The van der Waals surface area contributed by atoms with E-state index in [0.29, 0.717) is 12.2 Å². The van der Waals surface area contributed by atoms with Crippen LogP contribution >= 0.6 is 0 Å². The maximum absolute atomic E-state index is 12.4. The summed E-state index contributed by atoms with van der Waals surface area (Å²) in [6.07, 6.45) is 1.11. The lowest BCUT2D eigenvalue weighted by atomic mass is 10.1. The average Bonchev–Trinajstić information content (AvgIpc) is 2.67. The van der Waals surface area contributed by atoms with Crippen LogP contribution in [0.5, 0.6) is 5.75 Å². The van der Waals surface area contributed by atoms with Gasteiger partial charge in [0.2, 0.25) is 0 Å². The summed E-state index contributed by atoms with van der Waals surface area (Å²) in [4.78, 5) is 12.5. The molecule has 0 aliphatic rings. The summed E-state index contributed by atoms with van der Waals surface area (Å²) in [6.45, 7) is 0.392. The highest BCUT2D eigenvalue weighted by molar-refractivity contribution is 7.90. The van der Waals surface area contributed by atoms with Gasteiger partial charge in [-0.1, -0.05) is 42.5 Å². The minimum absolute atomic E-state index is 0.0891. The first-order valence-corrected chi connectivity index (χ1v) is 10.2. The largest absolute Gasteiger partial charge is 0.489 e. The summed E-state index contributed by atoms with van der Waals surface area (Å²) in [5.41, 5.74) is 1.62. The van der Waals surface area contributed by atoms with E-state index in [9.17, 15) is 13.2 Å². The van der Waals surface area contributed by atoms with E-state index in [1.165, 1.54) is 6.07 Å². The Morgan fingerprint density at radius 1 is 0.889 bits per heavy atom. The van der Waals surface area contributed by atoms with Gasteiger partial charge in [-0.2, -0.15) is 0 Å². The Morgan fingerprint density at radius 3 is 2.19 bits per heavy atom. The summed E-state index contributed by atoms with van der Waals surface area (Å²) < 4.78 is 29.4. The first-order valence-electron chi connectivity index (χ1n) is 8.31. The van der Waals surface area contributed by atoms with Crippen LogP contribution in [0.3, 0.4) is 0 Å². The van der Waals surface area contributed by atoms with Crippen LogP contribution in [0.15, 0.2) is 83.8 Å². The van der Waals surface area contributed by atoms with E-state index in [2.05, 4.69) is 5.32 Å². The van der Waals surface area contributed by atoms with E-state index >= 15 is 0 Å². The Balaban J connectivity index is 1.68. The Hall–Kier alpha value is -3.12. The highest BCUT2D eigenvalue weighted by atomic mass is 32.2. The second kappa shape index (κ2) is 8.05. The van der Waals surface area contributed by atoms with E-state index in [-0.39, 0.29) is 16.5 Å². The van der Waals surface area contributed by atoms with Gasteiger partial charge in [-0.3, -0.25) is 4.79 Å². The van der Waals surface area contributed by atoms with Gasteiger partial charge in [0.25, 0.3) is 5.91 Å². The van der Waals surface area contributed by atoms with Gasteiger partial charge < -0.3 is 10.1 Å². The number of ether oxygens (including phenoxy) is 1. The lowest BCUT2D eigenvalue weighted by Crippen LogP contribution is -2.14. The number of hydrogen-bond donors (Lipinski definition) is 1. The zero-order valence-electron chi connectivity index (χ0n) is 14.8. The molecule has 0 saturated carbocycles. The fourth-order valence-corrected chi connectivity index (χ4v) is 3.37. The highest BCUT2D eigenvalue weighted by Crippen LogP contribution is 2.21. The topological polar surface area (TPSA) is 72.5 Å². The van der Waals surface area contributed by atoms with Crippen molar-refractivity contribution in [1.82, 2.24) is 0 Å². The Bertz CT molecular complexity index is 1030. The fraction of sp³-hybridized carbons (Fsp3) is 0.0952. The molecule has 3 aromatic rings. The van der Waals surface area contributed by atoms with E-state index in [1.54, 1.807) is 42.5 Å². The van der Waals surface area contributed by atoms with Crippen molar-refractivity contribution in [3.05, 3.63) is 90.0 Å². The second-order valence-corrected chi connectivity index (χ2v) is 8.01. The molecule has 1 amide bonds. The zero-order chi connectivity index (χ0) is 19.3. The van der Waals surface area contributed by atoms with Crippen molar-refractivity contribution in [1.29, 1.82) is 0 Å². The van der Waals surface area contributed by atoms with E-state index in [4.69, 9.17) is 4.74 Å². The molecule has 0 heterocycles. The number of para-hydroxylation sites is 2. The molecule has 0 aromatic heterocycles.